The molecule has 9 heteroatoms. The van der Waals surface area contributed by atoms with E-state index in [0.717, 1.165) is 6.07 Å². The first-order valence-electron chi connectivity index (χ1n) is 6.19. The quantitative estimate of drug-likeness (QED) is 0.534. The number of methoxy groups -OCH3 is 1. The minimum Gasteiger partial charge on any atom is -0.396 e. The van der Waals surface area contributed by atoms with Gasteiger partial charge in [0, 0.05) is 25.8 Å². The molecule has 0 aromatic heterocycles. The Morgan fingerprint density at radius 2 is 2.14 bits per heavy atom. The van der Waals surface area contributed by atoms with E-state index in [1.54, 1.807) is 0 Å². The van der Waals surface area contributed by atoms with Gasteiger partial charge in [0.1, 0.15) is 0 Å². The van der Waals surface area contributed by atoms with Crippen molar-refractivity contribution >= 4 is 15.7 Å². The number of hydrogen-bond acceptors (Lipinski definition) is 6. The Hall–Kier alpha value is -1.55. The van der Waals surface area contributed by atoms with Crippen molar-refractivity contribution in [3.63, 3.8) is 0 Å². The molecule has 1 unspecified atom stereocenters. The molecule has 1 aromatic carbocycles. The molecular weight excluding hydrogens is 300 g/mol. The third-order valence-electron chi connectivity index (χ3n) is 2.82. The fourth-order valence-corrected chi connectivity index (χ4v) is 3.59. The zero-order chi connectivity index (χ0) is 16.0. The van der Waals surface area contributed by atoms with Crippen LogP contribution >= 0.6 is 0 Å². The van der Waals surface area contributed by atoms with E-state index in [9.17, 15) is 18.5 Å². The number of aliphatic hydroxyl groups excluding tert-OH is 1. The fraction of sp³-hybridized carbons (Fsp3) is 0.500. The molecular formula is C12H18N2O6S. The molecule has 0 fully saturated rings. The number of ether oxygens (including phenoxy) is 1. The molecule has 0 aliphatic heterocycles. The summed E-state index contributed by atoms with van der Waals surface area (Å²) in [5.74, 6) is 0. The lowest BCUT2D eigenvalue weighted by Crippen LogP contribution is -2.39. The lowest BCUT2D eigenvalue weighted by Gasteiger charge is -2.17. The number of nitrogens with one attached hydrogen (secondary N) is 1. The van der Waals surface area contributed by atoms with Crippen LogP contribution in [0.1, 0.15) is 12.0 Å². The van der Waals surface area contributed by atoms with E-state index in [1.165, 1.54) is 26.2 Å². The van der Waals surface area contributed by atoms with Crippen molar-refractivity contribution in [2.75, 3.05) is 20.3 Å². The van der Waals surface area contributed by atoms with E-state index in [4.69, 9.17) is 9.84 Å². The molecule has 118 valence electrons. The summed E-state index contributed by atoms with van der Waals surface area (Å²) in [6, 6.07) is 3.38. The Morgan fingerprint density at radius 1 is 1.48 bits per heavy atom. The highest BCUT2D eigenvalue weighted by Crippen LogP contribution is 2.27. The molecule has 0 heterocycles. The van der Waals surface area contributed by atoms with Crippen molar-refractivity contribution in [1.82, 2.24) is 4.72 Å². The lowest BCUT2D eigenvalue weighted by atomic mass is 10.2. The number of nitro benzene ring substituents is 1. The summed E-state index contributed by atoms with van der Waals surface area (Å²) in [4.78, 5) is 9.90. The molecule has 0 saturated heterocycles. The highest BCUT2D eigenvalue weighted by atomic mass is 32.2. The van der Waals surface area contributed by atoms with Gasteiger partial charge in [-0.3, -0.25) is 10.1 Å². The van der Waals surface area contributed by atoms with Gasteiger partial charge in [-0.25, -0.2) is 13.1 Å². The topological polar surface area (TPSA) is 119 Å². The van der Waals surface area contributed by atoms with Crippen LogP contribution in [0.15, 0.2) is 23.1 Å². The van der Waals surface area contributed by atoms with Gasteiger partial charge in [-0.15, -0.1) is 0 Å². The first kappa shape index (κ1) is 17.5. The smallest absolute Gasteiger partial charge is 0.289 e. The van der Waals surface area contributed by atoms with Gasteiger partial charge >= 0.3 is 0 Å². The normalized spacial score (nSPS) is 13.1. The van der Waals surface area contributed by atoms with Crippen molar-refractivity contribution in [3.8, 4) is 0 Å². The number of hydrogen-bond donors (Lipinski definition) is 2. The van der Waals surface area contributed by atoms with Crippen molar-refractivity contribution in [1.29, 1.82) is 0 Å². The minimum atomic E-state index is -4.09. The summed E-state index contributed by atoms with van der Waals surface area (Å²) >= 11 is 0. The highest BCUT2D eigenvalue weighted by Gasteiger charge is 2.29. The van der Waals surface area contributed by atoms with Gasteiger partial charge in [-0.1, -0.05) is 12.1 Å². The molecule has 8 nitrogen and oxygen atoms in total. The van der Waals surface area contributed by atoms with Crippen LogP contribution in [0.3, 0.4) is 0 Å². The average Bonchev–Trinajstić information content (AvgIpc) is 2.38. The maximum Gasteiger partial charge on any atom is 0.289 e. The predicted molar refractivity (Wildman–Crippen MR) is 75.5 cm³/mol. The minimum absolute atomic E-state index is 0.0550. The number of sulfonamides is 1. The standard InChI is InChI=1S/C12H18N2O6S/c1-9-4-3-5-11(14(16)17)12(9)21(18,19)13-10(6-7-15)8-20-2/h3-5,10,13,15H,6-8H2,1-2H3. The van der Waals surface area contributed by atoms with Gasteiger partial charge < -0.3 is 9.84 Å². The Morgan fingerprint density at radius 3 is 2.67 bits per heavy atom. The number of aliphatic hydroxyl groups is 1. The number of nitrogens with zero attached hydrogens (tertiary/aromatic N) is 1. The predicted octanol–water partition coefficient (Wildman–Crippen LogP) is 0.579. The molecule has 0 radical (unpaired) electrons. The molecule has 0 bridgehead atoms. The lowest BCUT2D eigenvalue weighted by molar-refractivity contribution is -0.387. The highest BCUT2D eigenvalue weighted by molar-refractivity contribution is 7.89. The van der Waals surface area contributed by atoms with Crippen LogP contribution in [-0.2, 0) is 14.8 Å². The third-order valence-corrected chi connectivity index (χ3v) is 4.54. The average molecular weight is 318 g/mol. The molecule has 0 aliphatic rings. The maximum absolute atomic E-state index is 12.4. The van der Waals surface area contributed by atoms with Gasteiger partial charge in [0.15, 0.2) is 4.90 Å². The second-order valence-electron chi connectivity index (χ2n) is 4.47. The van der Waals surface area contributed by atoms with E-state index < -0.39 is 26.7 Å². The van der Waals surface area contributed by atoms with Crippen molar-refractivity contribution < 1.29 is 23.2 Å². The van der Waals surface area contributed by atoms with Crippen LogP contribution in [0.2, 0.25) is 0 Å². The summed E-state index contributed by atoms with van der Waals surface area (Å²) in [7, 11) is -2.70. The second-order valence-corrected chi connectivity index (χ2v) is 6.12. The van der Waals surface area contributed by atoms with Gasteiger partial charge in [0.05, 0.1) is 11.5 Å². The van der Waals surface area contributed by atoms with Crippen LogP contribution in [0, 0.1) is 17.0 Å². The van der Waals surface area contributed by atoms with Crippen molar-refractivity contribution in [2.45, 2.75) is 24.3 Å². The Labute approximate surface area is 122 Å². The summed E-state index contributed by atoms with van der Waals surface area (Å²) < 4.78 is 32.0. The summed E-state index contributed by atoms with van der Waals surface area (Å²) in [6.45, 7) is 1.31. The molecule has 2 N–H and O–H groups in total. The SMILES string of the molecule is COCC(CCO)NS(=O)(=O)c1c(C)cccc1[N+](=O)[O-]. The third kappa shape index (κ3) is 4.46. The largest absolute Gasteiger partial charge is 0.396 e. The van der Waals surface area contributed by atoms with Gasteiger partial charge in [-0.2, -0.15) is 0 Å². The van der Waals surface area contributed by atoms with Crippen LogP contribution in [0.5, 0.6) is 0 Å². The number of aryl methyl sites for hydroxylation is 1. The molecule has 1 aromatic rings. The Kier molecular flexibility index (Phi) is 6.21. The summed E-state index contributed by atoms with van der Waals surface area (Å²) in [5.41, 5.74) is -0.209. The van der Waals surface area contributed by atoms with Gasteiger partial charge in [-0.05, 0) is 18.9 Å². The molecule has 0 saturated carbocycles. The first-order valence-corrected chi connectivity index (χ1v) is 7.68. The molecule has 0 amide bonds. The number of nitro groups is 1. The fourth-order valence-electron chi connectivity index (χ4n) is 1.94. The number of rotatable bonds is 8. The zero-order valence-corrected chi connectivity index (χ0v) is 12.6. The van der Waals surface area contributed by atoms with Crippen LogP contribution in [0.25, 0.3) is 0 Å². The second kappa shape index (κ2) is 7.46. The van der Waals surface area contributed by atoms with Crippen molar-refractivity contribution in [3.05, 3.63) is 33.9 Å². The summed E-state index contributed by atoms with van der Waals surface area (Å²) in [6.07, 6.45) is 0.146. The monoisotopic (exact) mass is 318 g/mol. The Balaban J connectivity index is 3.21. The van der Waals surface area contributed by atoms with E-state index >= 15 is 0 Å². The van der Waals surface area contributed by atoms with Gasteiger partial charge in [0.25, 0.3) is 5.69 Å². The summed E-state index contributed by atoms with van der Waals surface area (Å²) in [5, 5.41) is 19.9. The Bertz CT molecular complexity index is 596. The van der Waals surface area contributed by atoms with E-state index in [0.29, 0.717) is 0 Å². The van der Waals surface area contributed by atoms with Crippen LogP contribution in [-0.4, -0.2) is 44.8 Å². The number of benzene rings is 1. The first-order chi connectivity index (χ1) is 9.83. The van der Waals surface area contributed by atoms with Crippen LogP contribution < -0.4 is 4.72 Å². The maximum atomic E-state index is 12.4. The molecule has 1 atom stereocenters. The van der Waals surface area contributed by atoms with Crippen LogP contribution in [0.4, 0.5) is 5.69 Å². The molecule has 0 spiro atoms. The van der Waals surface area contributed by atoms with E-state index in [1.807, 2.05) is 0 Å². The molecule has 21 heavy (non-hydrogen) atoms. The molecule has 0 aliphatic carbocycles. The molecule has 1 rings (SSSR count). The van der Waals surface area contributed by atoms with E-state index in [-0.39, 0.29) is 30.1 Å². The van der Waals surface area contributed by atoms with E-state index in [2.05, 4.69) is 4.72 Å². The van der Waals surface area contributed by atoms with Gasteiger partial charge in [0.2, 0.25) is 10.0 Å². The van der Waals surface area contributed by atoms with Crippen molar-refractivity contribution in [2.24, 2.45) is 0 Å². The zero-order valence-electron chi connectivity index (χ0n) is 11.8.